The van der Waals surface area contributed by atoms with Crippen LogP contribution in [0.2, 0.25) is 0 Å². The molecule has 202 valence electrons. The highest BCUT2D eigenvalue weighted by Crippen LogP contribution is 2.28. The number of benzene rings is 2. The van der Waals surface area contributed by atoms with Crippen LogP contribution in [-0.4, -0.2) is 48.6 Å². The molecular weight excluding hydrogens is 470 g/mol. The zero-order valence-corrected chi connectivity index (χ0v) is 23.5. The first-order chi connectivity index (χ1) is 17.3. The quantitative estimate of drug-likeness (QED) is 0.471. The number of amides is 3. The Hall–Kier alpha value is -3.55. The number of hydrogen-bond donors (Lipinski definition) is 2. The van der Waals surface area contributed by atoms with Crippen LogP contribution in [0.4, 0.5) is 10.5 Å². The number of nitrogens with zero attached hydrogens (tertiary/aromatic N) is 1. The van der Waals surface area contributed by atoms with Crippen molar-refractivity contribution < 1.29 is 23.9 Å². The van der Waals surface area contributed by atoms with Gasteiger partial charge in [-0.15, -0.1) is 0 Å². The summed E-state index contributed by atoms with van der Waals surface area (Å²) in [4.78, 5) is 41.6. The van der Waals surface area contributed by atoms with Crippen LogP contribution in [0.15, 0.2) is 42.5 Å². The zero-order valence-electron chi connectivity index (χ0n) is 23.5. The van der Waals surface area contributed by atoms with Crippen LogP contribution in [0.25, 0.3) is 0 Å². The number of hydrogen-bond acceptors (Lipinski definition) is 5. The van der Waals surface area contributed by atoms with Gasteiger partial charge in [0.1, 0.15) is 23.4 Å². The van der Waals surface area contributed by atoms with Crippen LogP contribution >= 0.6 is 0 Å². The van der Waals surface area contributed by atoms with Gasteiger partial charge in [-0.05, 0) is 81.5 Å². The van der Waals surface area contributed by atoms with Gasteiger partial charge in [0.15, 0.2) is 0 Å². The summed E-state index contributed by atoms with van der Waals surface area (Å²) >= 11 is 0. The molecule has 0 saturated carbocycles. The summed E-state index contributed by atoms with van der Waals surface area (Å²) < 4.78 is 10.6. The smallest absolute Gasteiger partial charge is 0.408 e. The second kappa shape index (κ2) is 12.6. The minimum absolute atomic E-state index is 0.189. The highest BCUT2D eigenvalue weighted by molar-refractivity contribution is 5.99. The zero-order chi connectivity index (χ0) is 27.9. The number of carbonyl (C=O) groups excluding carboxylic acids is 3. The van der Waals surface area contributed by atoms with Gasteiger partial charge in [0.2, 0.25) is 5.91 Å². The molecule has 8 heteroatoms. The summed E-state index contributed by atoms with van der Waals surface area (Å²) in [6.45, 7) is 13.0. The number of anilines is 1. The van der Waals surface area contributed by atoms with Crippen molar-refractivity contribution in [3.8, 4) is 5.75 Å². The van der Waals surface area contributed by atoms with Gasteiger partial charge in [0.25, 0.3) is 5.91 Å². The Morgan fingerprint density at radius 2 is 1.65 bits per heavy atom. The number of aryl methyl sites for hydroxylation is 1. The molecular formula is C29H41N3O5. The minimum Gasteiger partial charge on any atom is -0.497 e. The number of nitrogens with one attached hydrogen (secondary N) is 2. The molecule has 0 heterocycles. The third-order valence-electron chi connectivity index (χ3n) is 6.43. The highest BCUT2D eigenvalue weighted by Gasteiger charge is 2.36. The number of rotatable bonds is 9. The maximum atomic E-state index is 13.9. The van der Waals surface area contributed by atoms with E-state index in [4.69, 9.17) is 9.47 Å². The molecule has 0 aromatic heterocycles. The van der Waals surface area contributed by atoms with Crippen molar-refractivity contribution in [2.24, 2.45) is 5.92 Å². The third-order valence-corrected chi connectivity index (χ3v) is 6.43. The molecule has 0 fully saturated rings. The second-order valence-electron chi connectivity index (χ2n) is 10.4. The maximum Gasteiger partial charge on any atom is 0.408 e. The number of carbonyl (C=O) groups is 3. The van der Waals surface area contributed by atoms with Crippen LogP contribution < -0.4 is 15.4 Å². The van der Waals surface area contributed by atoms with E-state index in [1.54, 1.807) is 59.2 Å². The van der Waals surface area contributed by atoms with Crippen LogP contribution in [0.5, 0.6) is 5.75 Å². The molecule has 0 aliphatic carbocycles. The van der Waals surface area contributed by atoms with Crippen molar-refractivity contribution in [3.05, 3.63) is 59.2 Å². The first kappa shape index (κ1) is 29.7. The second-order valence-corrected chi connectivity index (χ2v) is 10.4. The van der Waals surface area contributed by atoms with Gasteiger partial charge in [-0.1, -0.05) is 38.5 Å². The molecule has 0 bridgehead atoms. The van der Waals surface area contributed by atoms with E-state index in [9.17, 15) is 14.4 Å². The molecule has 2 aromatic carbocycles. The summed E-state index contributed by atoms with van der Waals surface area (Å²) in [6.07, 6.45) is -0.0304. The van der Waals surface area contributed by atoms with E-state index < -0.39 is 23.8 Å². The Kier molecular flexibility index (Phi) is 10.1. The number of methoxy groups -OCH3 is 1. The van der Waals surface area contributed by atoms with E-state index in [-0.39, 0.29) is 17.7 Å². The van der Waals surface area contributed by atoms with E-state index >= 15 is 0 Å². The Bertz CT molecular complexity index is 1090. The standard InChI is InChI=1S/C29H41N3O5/c1-10-18(2)24(31-28(35)37-29(5,6)7)27(34)32(8)25(23-13-11-12-19(3)20(23)4)26(33)30-21-14-16-22(36-9)17-15-21/h11-18,24-25H,10H2,1-9H3,(H,30,33)(H,31,35). The fourth-order valence-corrected chi connectivity index (χ4v) is 3.94. The molecule has 37 heavy (non-hydrogen) atoms. The lowest BCUT2D eigenvalue weighted by Crippen LogP contribution is -2.53. The van der Waals surface area contributed by atoms with Crippen molar-refractivity contribution in [2.45, 2.75) is 72.6 Å². The van der Waals surface area contributed by atoms with Crippen molar-refractivity contribution in [1.82, 2.24) is 10.2 Å². The number of likely N-dealkylation sites (N-methyl/N-ethyl adjacent to an activating group) is 1. The first-order valence-corrected chi connectivity index (χ1v) is 12.6. The topological polar surface area (TPSA) is 97.0 Å². The fraction of sp³-hybridized carbons (Fsp3) is 0.483. The van der Waals surface area contributed by atoms with Crippen molar-refractivity contribution in [3.63, 3.8) is 0 Å². The molecule has 2 rings (SSSR count). The molecule has 0 radical (unpaired) electrons. The monoisotopic (exact) mass is 511 g/mol. The Labute approximate surface area is 220 Å². The molecule has 2 aromatic rings. The third kappa shape index (κ3) is 7.97. The van der Waals surface area contributed by atoms with Crippen LogP contribution in [0, 0.1) is 19.8 Å². The van der Waals surface area contributed by atoms with Crippen LogP contribution in [0.3, 0.4) is 0 Å². The van der Waals surface area contributed by atoms with Gasteiger partial charge in [-0.3, -0.25) is 9.59 Å². The summed E-state index contributed by atoms with van der Waals surface area (Å²) in [5.74, 6) is -0.266. The maximum absolute atomic E-state index is 13.9. The Morgan fingerprint density at radius 1 is 1.03 bits per heavy atom. The average molecular weight is 512 g/mol. The molecule has 0 spiro atoms. The molecule has 0 saturated heterocycles. The lowest BCUT2D eigenvalue weighted by Gasteiger charge is -2.34. The number of alkyl carbamates (subject to hydrolysis) is 1. The van der Waals surface area contributed by atoms with E-state index in [0.29, 0.717) is 23.4 Å². The largest absolute Gasteiger partial charge is 0.497 e. The van der Waals surface area contributed by atoms with Crippen molar-refractivity contribution in [1.29, 1.82) is 0 Å². The SMILES string of the molecule is CCC(C)C(NC(=O)OC(C)(C)C)C(=O)N(C)C(C(=O)Nc1ccc(OC)cc1)c1cccc(C)c1C. The van der Waals surface area contributed by atoms with Gasteiger partial charge < -0.3 is 25.0 Å². The lowest BCUT2D eigenvalue weighted by molar-refractivity contribution is -0.140. The van der Waals surface area contributed by atoms with E-state index in [1.807, 2.05) is 45.9 Å². The predicted molar refractivity (Wildman–Crippen MR) is 146 cm³/mol. The predicted octanol–water partition coefficient (Wildman–Crippen LogP) is 5.39. The first-order valence-electron chi connectivity index (χ1n) is 12.6. The molecule has 3 unspecified atom stereocenters. The molecule has 3 amide bonds. The van der Waals surface area contributed by atoms with E-state index in [2.05, 4.69) is 10.6 Å². The Balaban J connectivity index is 2.45. The van der Waals surface area contributed by atoms with Crippen molar-refractivity contribution >= 4 is 23.6 Å². The minimum atomic E-state index is -0.929. The Morgan fingerprint density at radius 3 is 2.19 bits per heavy atom. The summed E-state index contributed by atoms with van der Waals surface area (Å²) in [5, 5.41) is 5.67. The van der Waals surface area contributed by atoms with Gasteiger partial charge in [-0.2, -0.15) is 0 Å². The molecule has 0 aliphatic rings. The number of ether oxygens (including phenoxy) is 2. The molecule has 3 atom stereocenters. The fourth-order valence-electron chi connectivity index (χ4n) is 3.94. The van der Waals surface area contributed by atoms with Crippen LogP contribution in [0.1, 0.15) is 63.8 Å². The molecule has 2 N–H and O–H groups in total. The lowest BCUT2D eigenvalue weighted by atomic mass is 9.93. The van der Waals surface area contributed by atoms with Crippen LogP contribution in [-0.2, 0) is 14.3 Å². The van der Waals surface area contributed by atoms with Gasteiger partial charge in [-0.25, -0.2) is 4.79 Å². The summed E-state index contributed by atoms with van der Waals surface area (Å²) in [6, 6.07) is 10.9. The summed E-state index contributed by atoms with van der Waals surface area (Å²) in [5.41, 5.74) is 2.50. The van der Waals surface area contributed by atoms with Gasteiger partial charge in [0, 0.05) is 12.7 Å². The summed E-state index contributed by atoms with van der Waals surface area (Å²) in [7, 11) is 3.16. The van der Waals surface area contributed by atoms with E-state index in [1.165, 1.54) is 4.90 Å². The van der Waals surface area contributed by atoms with Crippen molar-refractivity contribution in [2.75, 3.05) is 19.5 Å². The normalized spacial score (nSPS) is 13.6. The van der Waals surface area contributed by atoms with Gasteiger partial charge in [0.05, 0.1) is 7.11 Å². The van der Waals surface area contributed by atoms with Gasteiger partial charge >= 0.3 is 6.09 Å². The molecule has 0 aliphatic heterocycles. The van der Waals surface area contributed by atoms with E-state index in [0.717, 1.165) is 11.1 Å². The molecule has 8 nitrogen and oxygen atoms in total. The average Bonchev–Trinajstić information content (AvgIpc) is 2.83. The highest BCUT2D eigenvalue weighted by atomic mass is 16.6.